The molecule has 18 heavy (non-hydrogen) atoms. The molecule has 0 spiro atoms. The predicted octanol–water partition coefficient (Wildman–Crippen LogP) is 3.52. The van der Waals surface area contributed by atoms with E-state index in [4.69, 9.17) is 0 Å². The molecule has 1 aromatic rings. The van der Waals surface area contributed by atoms with Gasteiger partial charge in [-0.05, 0) is 13.0 Å². The molecule has 0 bridgehead atoms. The molecule has 0 heterocycles. The van der Waals surface area contributed by atoms with E-state index in [-0.39, 0.29) is 5.56 Å². The highest BCUT2D eigenvalue weighted by atomic mass is 19.3. The minimum Gasteiger partial charge on any atom is -0.304 e. The number of benzene rings is 1. The summed E-state index contributed by atoms with van der Waals surface area (Å²) in [5.74, 6) is -6.52. The van der Waals surface area contributed by atoms with Crippen LogP contribution in [0, 0.1) is 11.6 Å². The second-order valence-corrected chi connectivity index (χ2v) is 3.81. The van der Waals surface area contributed by atoms with E-state index in [9.17, 15) is 26.3 Å². The van der Waals surface area contributed by atoms with E-state index in [1.54, 1.807) is 0 Å². The Morgan fingerprint density at radius 2 is 1.83 bits per heavy atom. The van der Waals surface area contributed by atoms with Gasteiger partial charge >= 0.3 is 12.3 Å². The molecule has 7 heteroatoms. The predicted molar refractivity (Wildman–Crippen MR) is 53.7 cm³/mol. The fourth-order valence-electron chi connectivity index (χ4n) is 1.33. The smallest absolute Gasteiger partial charge is 0.304 e. The first-order valence-corrected chi connectivity index (χ1v) is 5.09. The van der Waals surface area contributed by atoms with Crippen LogP contribution in [0.4, 0.5) is 26.3 Å². The van der Waals surface area contributed by atoms with Crippen molar-refractivity contribution in [3.63, 3.8) is 0 Å². The Morgan fingerprint density at radius 1 is 1.22 bits per heavy atom. The van der Waals surface area contributed by atoms with Crippen molar-refractivity contribution in [1.29, 1.82) is 0 Å². The third-order valence-corrected chi connectivity index (χ3v) is 2.41. The van der Waals surface area contributed by atoms with E-state index in [0.29, 0.717) is 0 Å². The Kier molecular flexibility index (Phi) is 4.61. The average Bonchev–Trinajstić information content (AvgIpc) is 2.29. The van der Waals surface area contributed by atoms with Crippen LogP contribution in [0.25, 0.3) is 0 Å². The molecule has 0 radical (unpaired) electrons. The van der Waals surface area contributed by atoms with Crippen molar-refractivity contribution in [2.75, 3.05) is 6.54 Å². The SMILES string of the molecule is CC(NCC(F)(F)C(F)F)c1cccc(F)c1F. The summed E-state index contributed by atoms with van der Waals surface area (Å²) >= 11 is 0. The van der Waals surface area contributed by atoms with Crippen LogP contribution < -0.4 is 5.32 Å². The lowest BCUT2D eigenvalue weighted by Gasteiger charge is -2.20. The summed E-state index contributed by atoms with van der Waals surface area (Å²) in [6.07, 6.45) is -3.81. The quantitative estimate of drug-likeness (QED) is 0.808. The number of hydrogen-bond acceptors (Lipinski definition) is 1. The van der Waals surface area contributed by atoms with E-state index in [2.05, 4.69) is 5.32 Å². The molecule has 1 atom stereocenters. The number of nitrogens with one attached hydrogen (secondary N) is 1. The molecule has 102 valence electrons. The van der Waals surface area contributed by atoms with Gasteiger partial charge in [-0.2, -0.15) is 8.78 Å². The molecule has 1 N–H and O–H groups in total. The summed E-state index contributed by atoms with van der Waals surface area (Å²) in [6, 6.07) is 2.26. The van der Waals surface area contributed by atoms with Crippen LogP contribution in [0.1, 0.15) is 18.5 Å². The van der Waals surface area contributed by atoms with Crippen LogP contribution in [0.2, 0.25) is 0 Å². The molecule has 0 aliphatic heterocycles. The van der Waals surface area contributed by atoms with Crippen molar-refractivity contribution in [2.45, 2.75) is 25.3 Å². The van der Waals surface area contributed by atoms with Crippen molar-refractivity contribution < 1.29 is 26.3 Å². The van der Waals surface area contributed by atoms with E-state index in [1.807, 2.05) is 0 Å². The number of halogens is 6. The summed E-state index contributed by atoms with van der Waals surface area (Å²) in [5.41, 5.74) is -0.194. The van der Waals surface area contributed by atoms with E-state index >= 15 is 0 Å². The van der Waals surface area contributed by atoms with Crippen LogP contribution in [0.5, 0.6) is 0 Å². The Balaban J connectivity index is 2.72. The molecule has 1 nitrogen and oxygen atoms in total. The molecule has 0 aromatic heterocycles. The van der Waals surface area contributed by atoms with Gasteiger partial charge in [0.25, 0.3) is 0 Å². The van der Waals surface area contributed by atoms with Crippen LogP contribution >= 0.6 is 0 Å². The van der Waals surface area contributed by atoms with E-state index in [0.717, 1.165) is 6.07 Å². The molecule has 1 aromatic carbocycles. The van der Waals surface area contributed by atoms with Crippen molar-refractivity contribution in [2.24, 2.45) is 0 Å². The minimum atomic E-state index is -4.21. The number of hydrogen-bond donors (Lipinski definition) is 1. The van der Waals surface area contributed by atoms with Crippen molar-refractivity contribution in [1.82, 2.24) is 5.32 Å². The molecule has 0 saturated heterocycles. The minimum absolute atomic E-state index is 0.194. The van der Waals surface area contributed by atoms with Gasteiger partial charge in [0.05, 0.1) is 6.54 Å². The monoisotopic (exact) mass is 271 g/mol. The lowest BCUT2D eigenvalue weighted by molar-refractivity contribution is -0.126. The van der Waals surface area contributed by atoms with Crippen molar-refractivity contribution in [3.05, 3.63) is 35.4 Å². The maximum absolute atomic E-state index is 13.3. The Labute approximate surface area is 99.8 Å². The lowest BCUT2D eigenvalue weighted by Crippen LogP contribution is -2.40. The van der Waals surface area contributed by atoms with Gasteiger partial charge in [-0.25, -0.2) is 17.6 Å². The van der Waals surface area contributed by atoms with Gasteiger partial charge < -0.3 is 5.32 Å². The Hall–Kier alpha value is -1.24. The zero-order valence-corrected chi connectivity index (χ0v) is 9.36. The summed E-state index contributed by atoms with van der Waals surface area (Å²) < 4.78 is 75.2. The second-order valence-electron chi connectivity index (χ2n) is 3.81. The van der Waals surface area contributed by atoms with Gasteiger partial charge in [-0.15, -0.1) is 0 Å². The molecular weight excluding hydrogens is 260 g/mol. The fourth-order valence-corrected chi connectivity index (χ4v) is 1.33. The topological polar surface area (TPSA) is 12.0 Å². The normalized spacial score (nSPS) is 14.0. The summed E-state index contributed by atoms with van der Waals surface area (Å²) in [6.45, 7) is -0.0405. The molecule has 0 aliphatic rings. The molecule has 0 amide bonds. The molecule has 0 aliphatic carbocycles. The molecule has 1 rings (SSSR count). The van der Waals surface area contributed by atoms with Gasteiger partial charge in [-0.3, -0.25) is 0 Å². The Bertz CT molecular complexity index is 407. The highest BCUT2D eigenvalue weighted by Gasteiger charge is 2.40. The van der Waals surface area contributed by atoms with E-state index < -0.39 is 36.6 Å². The van der Waals surface area contributed by atoms with Crippen molar-refractivity contribution in [3.8, 4) is 0 Å². The zero-order valence-electron chi connectivity index (χ0n) is 9.36. The third-order valence-electron chi connectivity index (χ3n) is 2.41. The summed E-state index contributed by atoms with van der Waals surface area (Å²) in [7, 11) is 0. The first-order chi connectivity index (χ1) is 8.25. The zero-order chi connectivity index (χ0) is 13.9. The fraction of sp³-hybridized carbons (Fsp3) is 0.455. The highest BCUT2D eigenvalue weighted by molar-refractivity contribution is 5.22. The maximum atomic E-state index is 13.3. The van der Waals surface area contributed by atoms with Gasteiger partial charge in [0.15, 0.2) is 11.6 Å². The van der Waals surface area contributed by atoms with Crippen LogP contribution in [0.15, 0.2) is 18.2 Å². The first-order valence-electron chi connectivity index (χ1n) is 5.09. The van der Waals surface area contributed by atoms with Gasteiger partial charge in [-0.1, -0.05) is 12.1 Å². The maximum Gasteiger partial charge on any atom is 0.319 e. The van der Waals surface area contributed by atoms with Crippen LogP contribution in [-0.2, 0) is 0 Å². The summed E-state index contributed by atoms with van der Waals surface area (Å²) in [4.78, 5) is 0. The number of rotatable bonds is 5. The van der Waals surface area contributed by atoms with Gasteiger partial charge in [0.2, 0.25) is 0 Å². The lowest BCUT2D eigenvalue weighted by atomic mass is 10.1. The van der Waals surface area contributed by atoms with Gasteiger partial charge in [0.1, 0.15) is 0 Å². The summed E-state index contributed by atoms with van der Waals surface area (Å²) in [5, 5.41) is 2.05. The standard InChI is InChI=1S/C11H11F6N/c1-6(18-5-11(16,17)10(14)15)7-3-2-4-8(12)9(7)13/h2-4,6,10,18H,5H2,1H3. The van der Waals surface area contributed by atoms with Crippen LogP contribution in [-0.4, -0.2) is 18.9 Å². The van der Waals surface area contributed by atoms with E-state index in [1.165, 1.54) is 19.1 Å². The third kappa shape index (κ3) is 3.38. The highest BCUT2D eigenvalue weighted by Crippen LogP contribution is 2.24. The molecule has 1 unspecified atom stereocenters. The number of alkyl halides is 4. The average molecular weight is 271 g/mol. The molecule has 0 saturated carbocycles. The largest absolute Gasteiger partial charge is 0.319 e. The van der Waals surface area contributed by atoms with Crippen LogP contribution in [0.3, 0.4) is 0 Å². The molecular formula is C11H11F6N. The Morgan fingerprint density at radius 3 is 2.39 bits per heavy atom. The first kappa shape index (κ1) is 14.8. The van der Waals surface area contributed by atoms with Gasteiger partial charge in [0, 0.05) is 11.6 Å². The van der Waals surface area contributed by atoms with Crippen molar-refractivity contribution >= 4 is 0 Å². The second kappa shape index (κ2) is 5.60. The molecule has 0 fully saturated rings.